The predicted molar refractivity (Wildman–Crippen MR) is 87.2 cm³/mol. The summed E-state index contributed by atoms with van der Waals surface area (Å²) in [7, 11) is 1.59. The van der Waals surface area contributed by atoms with E-state index in [1.807, 2.05) is 0 Å². The van der Waals surface area contributed by atoms with Crippen LogP contribution in [0.3, 0.4) is 0 Å². The summed E-state index contributed by atoms with van der Waals surface area (Å²) in [6, 6.07) is 5.95. The number of anilines is 2. The van der Waals surface area contributed by atoms with Crippen molar-refractivity contribution in [2.45, 2.75) is 0 Å². The van der Waals surface area contributed by atoms with Gasteiger partial charge in [-0.25, -0.2) is 0 Å². The number of fused-ring (bicyclic) bond motifs is 2. The third kappa shape index (κ3) is 1.95. The summed E-state index contributed by atoms with van der Waals surface area (Å²) in [6.45, 7) is -0.181. The van der Waals surface area contributed by atoms with Crippen LogP contribution in [0.5, 0.6) is 5.75 Å². The van der Waals surface area contributed by atoms with Crippen molar-refractivity contribution in [1.82, 2.24) is 9.88 Å². The summed E-state index contributed by atoms with van der Waals surface area (Å²) in [5.41, 5.74) is 6.10. The van der Waals surface area contributed by atoms with E-state index in [0.29, 0.717) is 11.4 Å². The second kappa shape index (κ2) is 4.94. The van der Waals surface area contributed by atoms with Gasteiger partial charge in [0, 0.05) is 13.1 Å². The van der Waals surface area contributed by atoms with E-state index in [0.717, 1.165) is 10.6 Å². The van der Waals surface area contributed by atoms with Gasteiger partial charge in [0.25, 0.3) is 23.3 Å². The molecule has 3 amide bonds. The lowest BCUT2D eigenvalue weighted by Crippen LogP contribution is -2.36. The second-order valence-electron chi connectivity index (χ2n) is 5.64. The first-order valence-corrected chi connectivity index (χ1v) is 7.34. The maximum atomic E-state index is 12.5. The normalized spacial score (nSPS) is 15.6. The Labute approximate surface area is 140 Å². The van der Waals surface area contributed by atoms with Crippen molar-refractivity contribution in [2.24, 2.45) is 0 Å². The maximum absolute atomic E-state index is 12.5. The minimum absolute atomic E-state index is 0.0533. The number of ether oxygens (including phenoxy) is 1. The molecule has 1 aromatic heterocycles. The van der Waals surface area contributed by atoms with Gasteiger partial charge >= 0.3 is 0 Å². The average Bonchev–Trinajstić information content (AvgIpc) is 2.85. The first-order valence-electron chi connectivity index (χ1n) is 7.34. The number of benzene rings is 1. The van der Waals surface area contributed by atoms with Gasteiger partial charge in [-0.2, -0.15) is 0 Å². The van der Waals surface area contributed by atoms with Crippen LogP contribution >= 0.6 is 0 Å². The highest BCUT2D eigenvalue weighted by Gasteiger charge is 2.33. The number of rotatable bonds is 1. The van der Waals surface area contributed by atoms with Crippen LogP contribution in [-0.2, 0) is 4.79 Å². The van der Waals surface area contributed by atoms with Gasteiger partial charge in [0.2, 0.25) is 0 Å². The number of nitrogens with two attached hydrogens (primary N) is 1. The molecule has 0 spiro atoms. The molecular weight excluding hydrogens is 328 g/mol. The number of nitrogens with one attached hydrogen (secondary N) is 1. The zero-order valence-electron chi connectivity index (χ0n) is 13.0. The summed E-state index contributed by atoms with van der Waals surface area (Å²) in [5.74, 6) is -1.42. The third-order valence-corrected chi connectivity index (χ3v) is 4.24. The molecule has 126 valence electrons. The van der Waals surface area contributed by atoms with Gasteiger partial charge in [-0.1, -0.05) is 6.07 Å². The number of carbonyl (C=O) groups is 3. The number of imide groups is 1. The van der Waals surface area contributed by atoms with E-state index < -0.39 is 17.4 Å². The van der Waals surface area contributed by atoms with Crippen LogP contribution < -0.4 is 26.2 Å². The highest BCUT2D eigenvalue weighted by Crippen LogP contribution is 2.37. The Morgan fingerprint density at radius 3 is 2.60 bits per heavy atom. The Morgan fingerprint density at radius 2 is 1.84 bits per heavy atom. The zero-order valence-corrected chi connectivity index (χ0v) is 13.0. The summed E-state index contributed by atoms with van der Waals surface area (Å²) in [4.78, 5) is 49.4. The van der Waals surface area contributed by atoms with E-state index in [2.05, 4.69) is 5.32 Å². The number of pyridine rings is 1. The van der Waals surface area contributed by atoms with E-state index in [-0.39, 0.29) is 35.1 Å². The number of carbonyl (C=O) groups excluding carboxylic acids is 3. The lowest BCUT2D eigenvalue weighted by atomic mass is 10.1. The fourth-order valence-electron chi connectivity index (χ4n) is 2.99. The van der Waals surface area contributed by atoms with Crippen LogP contribution in [0.2, 0.25) is 0 Å². The molecule has 4 rings (SSSR count). The second-order valence-corrected chi connectivity index (χ2v) is 5.64. The van der Waals surface area contributed by atoms with Crippen LogP contribution in [0.25, 0.3) is 5.69 Å². The molecule has 9 heteroatoms. The third-order valence-electron chi connectivity index (χ3n) is 4.24. The van der Waals surface area contributed by atoms with Crippen molar-refractivity contribution in [3.05, 3.63) is 45.7 Å². The fourth-order valence-corrected chi connectivity index (χ4v) is 2.99. The Kier molecular flexibility index (Phi) is 2.95. The number of nitrogen functional groups attached to an aromatic ring is 1. The van der Waals surface area contributed by atoms with E-state index >= 15 is 0 Å². The molecule has 3 heterocycles. The molecule has 0 atom stereocenters. The number of amides is 3. The molecule has 1 aromatic carbocycles. The molecule has 2 aromatic rings. The number of para-hydroxylation sites is 1. The van der Waals surface area contributed by atoms with Gasteiger partial charge in [-0.15, -0.1) is 0 Å². The van der Waals surface area contributed by atoms with Gasteiger partial charge in [0.1, 0.15) is 5.82 Å². The molecule has 0 radical (unpaired) electrons. The molecule has 25 heavy (non-hydrogen) atoms. The topological polar surface area (TPSA) is 124 Å². The Bertz CT molecular complexity index is 1040. The van der Waals surface area contributed by atoms with Crippen LogP contribution in [0.15, 0.2) is 29.1 Å². The first-order chi connectivity index (χ1) is 11.9. The molecule has 0 saturated carbocycles. The monoisotopic (exact) mass is 340 g/mol. The van der Waals surface area contributed by atoms with Crippen molar-refractivity contribution in [2.75, 3.05) is 24.3 Å². The highest BCUT2D eigenvalue weighted by atomic mass is 16.5. The van der Waals surface area contributed by atoms with E-state index in [9.17, 15) is 19.2 Å². The minimum Gasteiger partial charge on any atom is -0.479 e. The highest BCUT2D eigenvalue weighted by molar-refractivity contribution is 6.23. The summed E-state index contributed by atoms with van der Waals surface area (Å²) in [5, 5.41) is 2.11. The van der Waals surface area contributed by atoms with E-state index in [4.69, 9.17) is 10.5 Å². The molecule has 9 nitrogen and oxygen atoms in total. The number of aromatic nitrogens is 1. The molecule has 0 fully saturated rings. The Morgan fingerprint density at radius 1 is 1.12 bits per heavy atom. The number of hydrogen-bond acceptors (Lipinski definition) is 6. The number of likely N-dealkylation sites (N-methyl/N-ethyl adjacent to an activating group) is 1. The van der Waals surface area contributed by atoms with Crippen LogP contribution in [0.4, 0.5) is 11.5 Å². The quantitative estimate of drug-likeness (QED) is 0.685. The molecule has 2 aliphatic rings. The van der Waals surface area contributed by atoms with Gasteiger partial charge in [0.15, 0.2) is 12.4 Å². The first kappa shape index (κ1) is 14.9. The molecule has 0 saturated heterocycles. The van der Waals surface area contributed by atoms with Crippen LogP contribution in [-0.4, -0.2) is 35.9 Å². The molecule has 0 bridgehead atoms. The molecule has 0 aliphatic carbocycles. The van der Waals surface area contributed by atoms with Crippen molar-refractivity contribution in [1.29, 1.82) is 0 Å². The standard InChI is InChI=1S/C16H12N4O5/c1-19-8-3-2-4-9(13(8)25-6-11(19)22)20-10(21)5-7-12(14(20)17)16(24)18-15(7)23/h2-5H,6,17H2,1H3,(H,18,23,24). The van der Waals surface area contributed by atoms with E-state index in [1.165, 1.54) is 4.90 Å². The molecule has 2 aliphatic heterocycles. The van der Waals surface area contributed by atoms with Crippen molar-refractivity contribution >= 4 is 29.2 Å². The van der Waals surface area contributed by atoms with Gasteiger partial charge in [-0.3, -0.25) is 29.1 Å². The van der Waals surface area contributed by atoms with Crippen molar-refractivity contribution in [3.63, 3.8) is 0 Å². The smallest absolute Gasteiger partial charge is 0.264 e. The summed E-state index contributed by atoms with van der Waals surface area (Å²) in [6.07, 6.45) is 0. The van der Waals surface area contributed by atoms with Crippen LogP contribution in [0, 0.1) is 0 Å². The van der Waals surface area contributed by atoms with Crippen LogP contribution in [0.1, 0.15) is 20.7 Å². The fraction of sp³-hybridized carbons (Fsp3) is 0.125. The van der Waals surface area contributed by atoms with Gasteiger partial charge in [-0.05, 0) is 12.1 Å². The zero-order chi connectivity index (χ0) is 17.9. The lowest BCUT2D eigenvalue weighted by Gasteiger charge is -2.28. The number of nitrogens with zero attached hydrogens (tertiary/aromatic N) is 2. The van der Waals surface area contributed by atoms with E-state index in [1.54, 1.807) is 25.2 Å². The van der Waals surface area contributed by atoms with Crippen molar-refractivity contribution in [3.8, 4) is 11.4 Å². The minimum atomic E-state index is -0.663. The van der Waals surface area contributed by atoms with Gasteiger partial charge < -0.3 is 15.4 Å². The SMILES string of the molecule is CN1C(=O)COc2c1cccc2-n1c(N)c2c(cc1=O)C(=O)NC2=O. The lowest BCUT2D eigenvalue weighted by molar-refractivity contribution is -0.120. The van der Waals surface area contributed by atoms with Crippen molar-refractivity contribution < 1.29 is 19.1 Å². The largest absolute Gasteiger partial charge is 0.479 e. The molecular formula is C16H12N4O5. The molecule has 3 N–H and O–H groups in total. The maximum Gasteiger partial charge on any atom is 0.264 e. The Balaban J connectivity index is 2.01. The van der Waals surface area contributed by atoms with Gasteiger partial charge in [0.05, 0.1) is 22.5 Å². The summed E-state index contributed by atoms with van der Waals surface area (Å²) >= 11 is 0. The summed E-state index contributed by atoms with van der Waals surface area (Å²) < 4.78 is 6.59. The Hall–Kier alpha value is -3.62. The molecule has 0 unspecified atom stereocenters. The predicted octanol–water partition coefficient (Wildman–Crippen LogP) is -0.342. The average molecular weight is 340 g/mol. The number of hydrogen-bond donors (Lipinski definition) is 2.